The summed E-state index contributed by atoms with van der Waals surface area (Å²) in [5.41, 5.74) is 0. The summed E-state index contributed by atoms with van der Waals surface area (Å²) in [5, 5.41) is 0. The molecule has 0 amide bonds. The Balaban J connectivity index is 1.41. The van der Waals surface area contributed by atoms with Crippen molar-refractivity contribution in [2.75, 3.05) is 7.11 Å². The van der Waals surface area contributed by atoms with Crippen molar-refractivity contribution in [3.8, 4) is 0 Å². The van der Waals surface area contributed by atoms with E-state index in [2.05, 4.69) is 6.92 Å². The summed E-state index contributed by atoms with van der Waals surface area (Å²) in [6.07, 6.45) is 18.4. The highest BCUT2D eigenvalue weighted by atomic mass is 16.5. The predicted octanol–water partition coefficient (Wildman–Crippen LogP) is 5.82. The van der Waals surface area contributed by atoms with E-state index in [1.165, 1.54) is 51.4 Å². The van der Waals surface area contributed by atoms with Gasteiger partial charge in [0.05, 0.1) is 6.10 Å². The molecule has 0 aromatic carbocycles. The molecule has 21 heavy (non-hydrogen) atoms. The molecule has 3 rings (SSSR count). The molecule has 122 valence electrons. The van der Waals surface area contributed by atoms with Crippen molar-refractivity contribution in [3.63, 3.8) is 0 Å². The summed E-state index contributed by atoms with van der Waals surface area (Å²) in [4.78, 5) is 0. The van der Waals surface area contributed by atoms with E-state index in [9.17, 15) is 0 Å². The summed E-state index contributed by atoms with van der Waals surface area (Å²) in [6.45, 7) is 2.45. The average Bonchev–Trinajstić information content (AvgIpc) is 2.56. The van der Waals surface area contributed by atoms with Crippen molar-refractivity contribution in [1.82, 2.24) is 0 Å². The summed E-state index contributed by atoms with van der Waals surface area (Å²) in [6, 6.07) is 0. The van der Waals surface area contributed by atoms with Gasteiger partial charge in [-0.3, -0.25) is 0 Å². The molecule has 1 nitrogen and oxygen atoms in total. The van der Waals surface area contributed by atoms with E-state index >= 15 is 0 Å². The maximum absolute atomic E-state index is 5.53. The van der Waals surface area contributed by atoms with Crippen LogP contribution in [0, 0.1) is 29.6 Å². The van der Waals surface area contributed by atoms with Gasteiger partial charge in [-0.05, 0) is 93.8 Å². The third-order valence-electron chi connectivity index (χ3n) is 7.26. The molecule has 0 spiro atoms. The average molecular weight is 293 g/mol. The zero-order valence-corrected chi connectivity index (χ0v) is 14.4. The molecule has 3 aliphatic carbocycles. The highest BCUT2D eigenvalue weighted by Gasteiger charge is 2.34. The summed E-state index contributed by atoms with van der Waals surface area (Å²) < 4.78 is 5.53. The van der Waals surface area contributed by atoms with Crippen LogP contribution in [0.4, 0.5) is 0 Å². The van der Waals surface area contributed by atoms with Gasteiger partial charge in [0.15, 0.2) is 0 Å². The fourth-order valence-electron chi connectivity index (χ4n) is 5.64. The van der Waals surface area contributed by atoms with Gasteiger partial charge in [0.2, 0.25) is 0 Å². The fraction of sp³-hybridized carbons (Fsp3) is 1.00. The van der Waals surface area contributed by atoms with Gasteiger partial charge in [-0.2, -0.15) is 0 Å². The molecule has 0 aliphatic heterocycles. The molecule has 3 saturated carbocycles. The van der Waals surface area contributed by atoms with Crippen LogP contribution in [0.2, 0.25) is 0 Å². The number of ether oxygens (including phenoxy) is 1. The third kappa shape index (κ3) is 4.03. The number of hydrogen-bond donors (Lipinski definition) is 0. The quantitative estimate of drug-likeness (QED) is 0.636. The maximum Gasteiger partial charge on any atom is 0.0571 e. The summed E-state index contributed by atoms with van der Waals surface area (Å²) >= 11 is 0. The first kappa shape index (κ1) is 15.8. The topological polar surface area (TPSA) is 9.23 Å². The number of hydrogen-bond acceptors (Lipinski definition) is 1. The predicted molar refractivity (Wildman–Crippen MR) is 89.3 cm³/mol. The largest absolute Gasteiger partial charge is 0.381 e. The second-order valence-corrected chi connectivity index (χ2v) is 8.47. The van der Waals surface area contributed by atoms with Crippen molar-refractivity contribution < 1.29 is 4.74 Å². The smallest absolute Gasteiger partial charge is 0.0571 e. The molecule has 0 bridgehead atoms. The Morgan fingerprint density at radius 3 is 1.24 bits per heavy atom. The van der Waals surface area contributed by atoms with Crippen molar-refractivity contribution in [2.24, 2.45) is 29.6 Å². The number of rotatable bonds is 3. The Morgan fingerprint density at radius 1 is 0.524 bits per heavy atom. The lowest BCUT2D eigenvalue weighted by Gasteiger charge is -2.41. The van der Waals surface area contributed by atoms with E-state index in [1.807, 2.05) is 7.11 Å². The molecular formula is C20H36O. The SMILES string of the molecule is COC1CCC(C2CCC(C3CCC(C)CC3)CC2)CC1. The standard InChI is InChI=1S/C20H36O/c1-15-3-5-16(6-4-15)17-7-9-18(10-8-17)19-11-13-20(21-2)14-12-19/h15-20H,3-14H2,1-2H3. The lowest BCUT2D eigenvalue weighted by atomic mass is 9.65. The van der Waals surface area contributed by atoms with Crippen LogP contribution in [0.3, 0.4) is 0 Å². The molecule has 0 N–H and O–H groups in total. The molecule has 0 atom stereocenters. The van der Waals surface area contributed by atoms with Gasteiger partial charge < -0.3 is 4.74 Å². The molecule has 1 heteroatoms. The van der Waals surface area contributed by atoms with E-state index in [4.69, 9.17) is 4.74 Å². The van der Waals surface area contributed by atoms with E-state index in [-0.39, 0.29) is 0 Å². The van der Waals surface area contributed by atoms with E-state index in [1.54, 1.807) is 25.7 Å². The first-order valence-corrected chi connectivity index (χ1v) is 9.79. The van der Waals surface area contributed by atoms with E-state index in [0.29, 0.717) is 6.10 Å². The second-order valence-electron chi connectivity index (χ2n) is 8.47. The molecule has 0 radical (unpaired) electrons. The van der Waals surface area contributed by atoms with Gasteiger partial charge in [-0.1, -0.05) is 19.8 Å². The van der Waals surface area contributed by atoms with Crippen molar-refractivity contribution in [3.05, 3.63) is 0 Å². The Hall–Kier alpha value is -0.0400. The lowest BCUT2D eigenvalue weighted by Crippen LogP contribution is -2.30. The Morgan fingerprint density at radius 2 is 0.857 bits per heavy atom. The minimum absolute atomic E-state index is 0.571. The lowest BCUT2D eigenvalue weighted by molar-refractivity contribution is 0.0357. The zero-order chi connectivity index (χ0) is 14.7. The van der Waals surface area contributed by atoms with Gasteiger partial charge in [0.25, 0.3) is 0 Å². The van der Waals surface area contributed by atoms with Crippen LogP contribution in [0.15, 0.2) is 0 Å². The maximum atomic E-state index is 5.53. The molecular weight excluding hydrogens is 256 g/mol. The molecule has 0 heterocycles. The summed E-state index contributed by atoms with van der Waals surface area (Å²) in [5.74, 6) is 5.27. The van der Waals surface area contributed by atoms with Gasteiger partial charge >= 0.3 is 0 Å². The molecule has 0 aromatic heterocycles. The van der Waals surface area contributed by atoms with E-state index in [0.717, 1.165) is 29.6 Å². The number of methoxy groups -OCH3 is 1. The van der Waals surface area contributed by atoms with Crippen LogP contribution in [-0.4, -0.2) is 13.2 Å². The van der Waals surface area contributed by atoms with Crippen LogP contribution < -0.4 is 0 Å². The van der Waals surface area contributed by atoms with Gasteiger partial charge in [-0.25, -0.2) is 0 Å². The molecule has 3 fully saturated rings. The fourth-order valence-corrected chi connectivity index (χ4v) is 5.64. The monoisotopic (exact) mass is 292 g/mol. The second kappa shape index (κ2) is 7.49. The first-order valence-electron chi connectivity index (χ1n) is 9.79. The first-order chi connectivity index (χ1) is 10.3. The Labute approximate surface area is 132 Å². The molecule has 0 aromatic rings. The summed E-state index contributed by atoms with van der Waals surface area (Å²) in [7, 11) is 1.89. The zero-order valence-electron chi connectivity index (χ0n) is 14.4. The normalized spacial score (nSPS) is 45.4. The van der Waals surface area contributed by atoms with Crippen molar-refractivity contribution >= 4 is 0 Å². The van der Waals surface area contributed by atoms with Crippen LogP contribution in [0.25, 0.3) is 0 Å². The van der Waals surface area contributed by atoms with E-state index < -0.39 is 0 Å². The minimum atomic E-state index is 0.571. The molecule has 0 saturated heterocycles. The van der Waals surface area contributed by atoms with Crippen LogP contribution in [0.5, 0.6) is 0 Å². The molecule has 0 unspecified atom stereocenters. The third-order valence-corrected chi connectivity index (χ3v) is 7.26. The van der Waals surface area contributed by atoms with Crippen LogP contribution in [-0.2, 0) is 4.74 Å². The molecule has 3 aliphatic rings. The van der Waals surface area contributed by atoms with Gasteiger partial charge in [0.1, 0.15) is 0 Å². The van der Waals surface area contributed by atoms with Crippen molar-refractivity contribution in [2.45, 2.75) is 90.1 Å². The van der Waals surface area contributed by atoms with Crippen molar-refractivity contribution in [1.29, 1.82) is 0 Å². The van der Waals surface area contributed by atoms with Crippen LogP contribution >= 0.6 is 0 Å². The van der Waals surface area contributed by atoms with Gasteiger partial charge in [-0.15, -0.1) is 0 Å². The highest BCUT2D eigenvalue weighted by Crippen LogP contribution is 2.45. The Kier molecular flexibility index (Phi) is 5.65. The highest BCUT2D eigenvalue weighted by molar-refractivity contribution is 4.85. The minimum Gasteiger partial charge on any atom is -0.381 e. The van der Waals surface area contributed by atoms with Crippen LogP contribution in [0.1, 0.15) is 84.0 Å². The van der Waals surface area contributed by atoms with Gasteiger partial charge in [0, 0.05) is 7.11 Å². The Bertz CT molecular complexity index is 289.